The molecule has 1 saturated heterocycles. The molecule has 0 unspecified atom stereocenters. The zero-order chi connectivity index (χ0) is 19.4. The van der Waals surface area contributed by atoms with Crippen molar-refractivity contribution in [3.8, 4) is 5.88 Å². The van der Waals surface area contributed by atoms with Gasteiger partial charge in [0.05, 0.1) is 24.6 Å². The van der Waals surface area contributed by atoms with E-state index in [0.29, 0.717) is 43.6 Å². The number of benzene rings is 1. The molecule has 1 aliphatic heterocycles. The zero-order valence-corrected chi connectivity index (χ0v) is 14.7. The number of carbonyl (C=O) groups excluding carboxylic acids is 2. The first kappa shape index (κ1) is 18.8. The van der Waals surface area contributed by atoms with Crippen LogP contribution in [0, 0.1) is 17.6 Å². The first-order valence-corrected chi connectivity index (χ1v) is 8.53. The number of likely N-dealkylation sites (tertiary alicyclic amines) is 1. The molecular weight excluding hydrogens is 356 g/mol. The Hall–Kier alpha value is -3.03. The molecule has 142 valence electrons. The van der Waals surface area contributed by atoms with Gasteiger partial charge in [-0.2, -0.15) is 0 Å². The predicted octanol–water partition coefficient (Wildman–Crippen LogP) is 2.86. The lowest BCUT2D eigenvalue weighted by atomic mass is 9.95. The van der Waals surface area contributed by atoms with Crippen molar-refractivity contribution in [2.45, 2.75) is 12.8 Å². The number of hydrogen-bond donors (Lipinski definition) is 1. The van der Waals surface area contributed by atoms with Crippen molar-refractivity contribution in [3.63, 3.8) is 0 Å². The molecule has 1 fully saturated rings. The highest BCUT2D eigenvalue weighted by molar-refractivity contribution is 5.95. The summed E-state index contributed by atoms with van der Waals surface area (Å²) in [5.41, 5.74) is 0.399. The number of ether oxygens (including phenoxy) is 1. The van der Waals surface area contributed by atoms with Crippen molar-refractivity contribution in [2.24, 2.45) is 5.92 Å². The van der Waals surface area contributed by atoms with E-state index in [1.165, 1.54) is 18.2 Å². The smallest absolute Gasteiger partial charge is 0.256 e. The molecule has 3 rings (SSSR count). The molecule has 2 amide bonds. The molecule has 1 N–H and O–H groups in total. The van der Waals surface area contributed by atoms with Crippen LogP contribution in [0.4, 0.5) is 14.5 Å². The first-order valence-electron chi connectivity index (χ1n) is 8.53. The summed E-state index contributed by atoms with van der Waals surface area (Å²) < 4.78 is 31.8. The molecular formula is C19H19F2N3O3. The van der Waals surface area contributed by atoms with Crippen LogP contribution in [0.5, 0.6) is 5.88 Å². The van der Waals surface area contributed by atoms with Crippen molar-refractivity contribution in [3.05, 3.63) is 53.7 Å². The standard InChI is InChI=1S/C19H19F2N3O3/c1-27-17-5-3-14(11-22-17)23-18(25)12-6-8-24(9-7-12)19(26)15-4-2-13(20)10-16(15)21/h2-5,10-12H,6-9H2,1H3,(H,23,25). The highest BCUT2D eigenvalue weighted by Crippen LogP contribution is 2.22. The molecule has 1 aromatic heterocycles. The van der Waals surface area contributed by atoms with Crippen LogP contribution in [-0.4, -0.2) is 41.9 Å². The Balaban J connectivity index is 1.56. The van der Waals surface area contributed by atoms with Crippen LogP contribution in [0.25, 0.3) is 0 Å². The zero-order valence-electron chi connectivity index (χ0n) is 14.7. The number of anilines is 1. The minimum atomic E-state index is -0.883. The van der Waals surface area contributed by atoms with Gasteiger partial charge in [-0.25, -0.2) is 13.8 Å². The Bertz CT molecular complexity index is 835. The summed E-state index contributed by atoms with van der Waals surface area (Å²) in [6, 6.07) is 6.23. The van der Waals surface area contributed by atoms with Gasteiger partial charge in [0.2, 0.25) is 11.8 Å². The highest BCUT2D eigenvalue weighted by Gasteiger charge is 2.29. The number of halogens is 2. The third kappa shape index (κ3) is 4.39. The van der Waals surface area contributed by atoms with Gasteiger partial charge < -0.3 is 15.0 Å². The van der Waals surface area contributed by atoms with Crippen molar-refractivity contribution < 1.29 is 23.1 Å². The molecule has 1 aromatic carbocycles. The molecule has 2 heterocycles. The Morgan fingerprint density at radius 1 is 1.19 bits per heavy atom. The summed E-state index contributed by atoms with van der Waals surface area (Å²) in [7, 11) is 1.51. The van der Waals surface area contributed by atoms with Gasteiger partial charge in [-0.15, -0.1) is 0 Å². The fourth-order valence-corrected chi connectivity index (χ4v) is 3.00. The average molecular weight is 375 g/mol. The number of nitrogens with one attached hydrogen (secondary N) is 1. The second kappa shape index (κ2) is 8.11. The summed E-state index contributed by atoms with van der Waals surface area (Å²) >= 11 is 0. The van der Waals surface area contributed by atoms with Gasteiger partial charge in [0, 0.05) is 31.1 Å². The summed E-state index contributed by atoms with van der Waals surface area (Å²) in [4.78, 5) is 30.3. The fraction of sp³-hybridized carbons (Fsp3) is 0.316. The van der Waals surface area contributed by atoms with Crippen LogP contribution in [0.15, 0.2) is 36.5 Å². The maximum absolute atomic E-state index is 13.8. The third-order valence-electron chi connectivity index (χ3n) is 4.53. The molecule has 0 spiro atoms. The lowest BCUT2D eigenvalue weighted by molar-refractivity contribution is -0.121. The summed E-state index contributed by atoms with van der Waals surface area (Å²) in [5.74, 6) is -2.06. The number of nitrogens with zero attached hydrogens (tertiary/aromatic N) is 2. The van der Waals surface area contributed by atoms with Gasteiger partial charge in [0.15, 0.2) is 0 Å². The molecule has 27 heavy (non-hydrogen) atoms. The van der Waals surface area contributed by atoms with E-state index in [1.54, 1.807) is 12.1 Å². The molecule has 0 saturated carbocycles. The Morgan fingerprint density at radius 3 is 2.52 bits per heavy atom. The molecule has 6 nitrogen and oxygen atoms in total. The van der Waals surface area contributed by atoms with E-state index >= 15 is 0 Å². The van der Waals surface area contributed by atoms with Gasteiger partial charge in [0.1, 0.15) is 11.6 Å². The third-order valence-corrected chi connectivity index (χ3v) is 4.53. The second-order valence-corrected chi connectivity index (χ2v) is 6.27. The van der Waals surface area contributed by atoms with E-state index in [4.69, 9.17) is 4.74 Å². The first-order chi connectivity index (χ1) is 13.0. The quantitative estimate of drug-likeness (QED) is 0.892. The number of pyridine rings is 1. The average Bonchev–Trinajstić information content (AvgIpc) is 2.68. The number of carbonyl (C=O) groups is 2. The van der Waals surface area contributed by atoms with E-state index in [2.05, 4.69) is 10.3 Å². The number of methoxy groups -OCH3 is 1. The molecule has 0 atom stereocenters. The van der Waals surface area contributed by atoms with Gasteiger partial charge in [-0.1, -0.05) is 0 Å². The van der Waals surface area contributed by atoms with Crippen molar-refractivity contribution in [2.75, 3.05) is 25.5 Å². The normalized spacial score (nSPS) is 14.7. The summed E-state index contributed by atoms with van der Waals surface area (Å²) in [6.07, 6.45) is 2.43. The van der Waals surface area contributed by atoms with Gasteiger partial charge in [-0.3, -0.25) is 9.59 Å². The van der Waals surface area contributed by atoms with Crippen molar-refractivity contribution >= 4 is 17.5 Å². The monoisotopic (exact) mass is 375 g/mol. The number of aromatic nitrogens is 1. The lowest BCUT2D eigenvalue weighted by Gasteiger charge is -2.31. The van der Waals surface area contributed by atoms with Crippen LogP contribution in [0.3, 0.4) is 0 Å². The van der Waals surface area contributed by atoms with Crippen LogP contribution in [0.1, 0.15) is 23.2 Å². The number of hydrogen-bond acceptors (Lipinski definition) is 4. The van der Waals surface area contributed by atoms with Crippen LogP contribution < -0.4 is 10.1 Å². The van der Waals surface area contributed by atoms with Gasteiger partial charge >= 0.3 is 0 Å². The van der Waals surface area contributed by atoms with E-state index < -0.39 is 17.5 Å². The topological polar surface area (TPSA) is 71.5 Å². The molecule has 0 bridgehead atoms. The molecule has 0 radical (unpaired) electrons. The van der Waals surface area contributed by atoms with Crippen molar-refractivity contribution in [1.29, 1.82) is 0 Å². The number of rotatable bonds is 4. The van der Waals surface area contributed by atoms with E-state index in [1.807, 2.05) is 0 Å². The highest BCUT2D eigenvalue weighted by atomic mass is 19.1. The van der Waals surface area contributed by atoms with Crippen LogP contribution in [0.2, 0.25) is 0 Å². The Morgan fingerprint density at radius 2 is 1.93 bits per heavy atom. The molecule has 0 aliphatic carbocycles. The van der Waals surface area contributed by atoms with E-state index in [-0.39, 0.29) is 17.4 Å². The lowest BCUT2D eigenvalue weighted by Crippen LogP contribution is -2.41. The van der Waals surface area contributed by atoms with Crippen LogP contribution >= 0.6 is 0 Å². The largest absolute Gasteiger partial charge is 0.481 e. The van der Waals surface area contributed by atoms with Crippen LogP contribution in [-0.2, 0) is 4.79 Å². The predicted molar refractivity (Wildman–Crippen MR) is 94.4 cm³/mol. The minimum Gasteiger partial charge on any atom is -0.481 e. The van der Waals surface area contributed by atoms with Gasteiger partial charge in [-0.05, 0) is 31.0 Å². The number of amides is 2. The van der Waals surface area contributed by atoms with E-state index in [9.17, 15) is 18.4 Å². The maximum atomic E-state index is 13.8. The molecule has 2 aromatic rings. The Labute approximate surface area is 155 Å². The molecule has 1 aliphatic rings. The summed E-state index contributed by atoms with van der Waals surface area (Å²) in [5, 5.41) is 2.79. The minimum absolute atomic E-state index is 0.151. The Kier molecular flexibility index (Phi) is 5.63. The maximum Gasteiger partial charge on any atom is 0.256 e. The van der Waals surface area contributed by atoms with Crippen molar-refractivity contribution in [1.82, 2.24) is 9.88 Å². The second-order valence-electron chi connectivity index (χ2n) is 6.27. The number of piperidine rings is 1. The summed E-state index contributed by atoms with van der Waals surface area (Å²) in [6.45, 7) is 0.656. The SMILES string of the molecule is COc1ccc(NC(=O)C2CCN(C(=O)c3ccc(F)cc3F)CC2)cn1. The van der Waals surface area contributed by atoms with E-state index in [0.717, 1.165) is 12.1 Å². The molecule has 8 heteroatoms. The van der Waals surface area contributed by atoms with Gasteiger partial charge in [0.25, 0.3) is 5.91 Å². The fourth-order valence-electron chi connectivity index (χ4n) is 3.00.